The Labute approximate surface area is 118 Å². The van der Waals surface area contributed by atoms with Crippen molar-refractivity contribution in [3.8, 4) is 0 Å². The molecule has 0 spiro atoms. The van der Waals surface area contributed by atoms with Crippen molar-refractivity contribution in [1.82, 2.24) is 4.57 Å². The zero-order valence-electron chi connectivity index (χ0n) is 11.8. The molecule has 0 bridgehead atoms. The Morgan fingerprint density at radius 3 is 2.26 bits per heavy atom. The van der Waals surface area contributed by atoms with E-state index in [0.29, 0.717) is 12.2 Å². The Bertz CT molecular complexity index is 462. The fraction of sp³-hybridized carbons (Fsp3) is 0.714. The molecule has 0 unspecified atom stereocenters. The van der Waals surface area contributed by atoms with E-state index in [4.69, 9.17) is 5.11 Å². The van der Waals surface area contributed by atoms with Crippen molar-refractivity contribution in [1.29, 1.82) is 0 Å². The predicted molar refractivity (Wildman–Crippen MR) is 78.3 cm³/mol. The van der Waals surface area contributed by atoms with E-state index in [1.807, 2.05) is 0 Å². The van der Waals surface area contributed by atoms with Crippen LogP contribution in [0.4, 0.5) is 0 Å². The molecule has 108 valence electrons. The van der Waals surface area contributed by atoms with Gasteiger partial charge < -0.3 is 9.67 Å². The van der Waals surface area contributed by atoms with Crippen molar-refractivity contribution >= 4 is 17.3 Å². The number of nitrogens with zero attached hydrogens (tertiary/aromatic N) is 1. The molecule has 1 heterocycles. The van der Waals surface area contributed by atoms with Crippen LogP contribution in [-0.2, 0) is 6.54 Å². The summed E-state index contributed by atoms with van der Waals surface area (Å²) in [5.41, 5.74) is 0.591. The first-order chi connectivity index (χ1) is 9.07. The van der Waals surface area contributed by atoms with Crippen LogP contribution in [0.25, 0.3) is 0 Å². The van der Waals surface area contributed by atoms with Crippen LogP contribution in [0.15, 0.2) is 4.79 Å². The topological polar surface area (TPSA) is 59.3 Å². The normalized spacial score (nSPS) is 10.8. The van der Waals surface area contributed by atoms with Gasteiger partial charge in [-0.25, -0.2) is 4.79 Å². The summed E-state index contributed by atoms with van der Waals surface area (Å²) in [5, 5.41) is 8.95. The number of thiazole rings is 1. The van der Waals surface area contributed by atoms with Crippen molar-refractivity contribution in [3.05, 3.63) is 20.2 Å². The van der Waals surface area contributed by atoms with E-state index >= 15 is 0 Å². The highest BCUT2D eigenvalue weighted by atomic mass is 32.1. The largest absolute Gasteiger partial charge is 0.477 e. The number of hydrogen-bond acceptors (Lipinski definition) is 3. The molecule has 0 aliphatic carbocycles. The molecule has 0 radical (unpaired) electrons. The first-order valence-electron chi connectivity index (χ1n) is 7.01. The lowest BCUT2D eigenvalue weighted by Crippen LogP contribution is -2.14. The standard InChI is InChI=1S/C14H23NO3S/c1-3-4-5-6-7-8-9-10-15-11(2)12(13(16)17)19-14(15)18/h3-10H2,1-2H3,(H,16,17). The molecule has 5 heteroatoms. The second kappa shape index (κ2) is 8.15. The van der Waals surface area contributed by atoms with Gasteiger partial charge in [-0.15, -0.1) is 0 Å². The first kappa shape index (κ1) is 16.0. The van der Waals surface area contributed by atoms with Gasteiger partial charge in [-0.05, 0) is 13.3 Å². The third kappa shape index (κ3) is 4.82. The summed E-state index contributed by atoms with van der Waals surface area (Å²) in [6, 6.07) is 0. The first-order valence-corrected chi connectivity index (χ1v) is 7.83. The third-order valence-electron chi connectivity index (χ3n) is 3.32. The lowest BCUT2D eigenvalue weighted by Gasteiger charge is -2.05. The molecule has 0 saturated carbocycles. The van der Waals surface area contributed by atoms with Crippen LogP contribution in [0.2, 0.25) is 0 Å². The Balaban J connectivity index is 2.38. The molecule has 4 nitrogen and oxygen atoms in total. The molecular weight excluding hydrogens is 262 g/mol. The zero-order valence-corrected chi connectivity index (χ0v) is 12.6. The highest BCUT2D eigenvalue weighted by Gasteiger charge is 2.15. The Morgan fingerprint density at radius 1 is 1.16 bits per heavy atom. The van der Waals surface area contributed by atoms with Crippen molar-refractivity contribution < 1.29 is 9.90 Å². The lowest BCUT2D eigenvalue weighted by atomic mass is 10.1. The minimum atomic E-state index is -1.00. The van der Waals surface area contributed by atoms with E-state index < -0.39 is 5.97 Å². The smallest absolute Gasteiger partial charge is 0.347 e. The summed E-state index contributed by atoms with van der Waals surface area (Å²) in [4.78, 5) is 22.6. The van der Waals surface area contributed by atoms with Crippen LogP contribution < -0.4 is 4.87 Å². The third-order valence-corrected chi connectivity index (χ3v) is 4.39. The number of aromatic nitrogens is 1. The molecule has 1 rings (SSSR count). The second-order valence-electron chi connectivity index (χ2n) is 4.86. The summed E-state index contributed by atoms with van der Waals surface area (Å²) in [5.74, 6) is -1.00. The van der Waals surface area contributed by atoms with Gasteiger partial charge in [0.15, 0.2) is 0 Å². The van der Waals surface area contributed by atoms with Crippen molar-refractivity contribution in [3.63, 3.8) is 0 Å². The Kier molecular flexibility index (Phi) is 6.84. The summed E-state index contributed by atoms with van der Waals surface area (Å²) in [7, 11) is 0. The number of carbonyl (C=O) groups is 1. The van der Waals surface area contributed by atoms with Gasteiger partial charge in [0.2, 0.25) is 0 Å². The summed E-state index contributed by atoms with van der Waals surface area (Å²) >= 11 is 0.832. The second-order valence-corrected chi connectivity index (χ2v) is 5.82. The maximum Gasteiger partial charge on any atom is 0.347 e. The molecule has 1 N–H and O–H groups in total. The van der Waals surface area contributed by atoms with Crippen LogP contribution >= 0.6 is 11.3 Å². The Morgan fingerprint density at radius 2 is 1.74 bits per heavy atom. The van der Waals surface area contributed by atoms with E-state index in [2.05, 4.69) is 6.92 Å². The molecule has 0 atom stereocenters. The number of unbranched alkanes of at least 4 members (excludes halogenated alkanes) is 6. The zero-order chi connectivity index (χ0) is 14.3. The Hall–Kier alpha value is -1.10. The molecular formula is C14H23NO3S. The molecule has 0 fully saturated rings. The van der Waals surface area contributed by atoms with Gasteiger partial charge in [0.05, 0.1) is 0 Å². The molecule has 0 amide bonds. The average molecular weight is 285 g/mol. The van der Waals surface area contributed by atoms with Crippen LogP contribution in [0.1, 0.15) is 67.2 Å². The highest BCUT2D eigenvalue weighted by molar-refractivity contribution is 7.11. The number of aromatic carboxylic acids is 1. The average Bonchev–Trinajstić information content (AvgIpc) is 2.65. The summed E-state index contributed by atoms with van der Waals surface area (Å²) in [6.07, 6.45) is 8.34. The monoisotopic (exact) mass is 285 g/mol. The van der Waals surface area contributed by atoms with Gasteiger partial charge in [-0.1, -0.05) is 56.8 Å². The molecule has 0 saturated heterocycles. The quantitative estimate of drug-likeness (QED) is 0.704. The summed E-state index contributed by atoms with van der Waals surface area (Å²) < 4.78 is 1.60. The molecule has 0 aromatic carbocycles. The van der Waals surface area contributed by atoms with E-state index in [9.17, 15) is 9.59 Å². The van der Waals surface area contributed by atoms with Gasteiger partial charge in [-0.2, -0.15) is 0 Å². The van der Waals surface area contributed by atoms with Gasteiger partial charge >= 0.3 is 10.8 Å². The van der Waals surface area contributed by atoms with Crippen LogP contribution in [-0.4, -0.2) is 15.6 Å². The van der Waals surface area contributed by atoms with Crippen LogP contribution in [0.3, 0.4) is 0 Å². The van der Waals surface area contributed by atoms with E-state index in [1.54, 1.807) is 11.5 Å². The highest BCUT2D eigenvalue weighted by Crippen LogP contribution is 2.13. The maximum atomic E-state index is 11.7. The van der Waals surface area contributed by atoms with E-state index in [0.717, 1.165) is 24.2 Å². The minimum absolute atomic E-state index is 0.152. The van der Waals surface area contributed by atoms with Gasteiger partial charge in [0.1, 0.15) is 4.88 Å². The van der Waals surface area contributed by atoms with E-state index in [1.165, 1.54) is 32.1 Å². The number of rotatable bonds is 9. The van der Waals surface area contributed by atoms with Crippen LogP contribution in [0, 0.1) is 6.92 Å². The van der Waals surface area contributed by atoms with Crippen molar-refractivity contribution in [2.24, 2.45) is 0 Å². The minimum Gasteiger partial charge on any atom is -0.477 e. The molecule has 0 aliphatic heterocycles. The SMILES string of the molecule is CCCCCCCCCn1c(C)c(C(=O)O)sc1=O. The van der Waals surface area contributed by atoms with Gasteiger partial charge in [0, 0.05) is 12.2 Å². The predicted octanol–water partition coefficient (Wildman–Crippen LogP) is 3.67. The van der Waals surface area contributed by atoms with E-state index in [-0.39, 0.29) is 9.75 Å². The fourth-order valence-electron chi connectivity index (χ4n) is 2.16. The molecule has 1 aromatic rings. The maximum absolute atomic E-state index is 11.7. The molecule has 0 aliphatic rings. The molecule has 19 heavy (non-hydrogen) atoms. The number of carboxylic acid groups (broad SMARTS) is 1. The van der Waals surface area contributed by atoms with Crippen LogP contribution in [0.5, 0.6) is 0 Å². The van der Waals surface area contributed by atoms with Crippen molar-refractivity contribution in [2.75, 3.05) is 0 Å². The summed E-state index contributed by atoms with van der Waals surface area (Å²) in [6.45, 7) is 4.55. The number of carboxylic acids is 1. The fourth-order valence-corrected chi connectivity index (χ4v) is 3.02. The van der Waals surface area contributed by atoms with Crippen molar-refractivity contribution in [2.45, 2.75) is 65.3 Å². The van der Waals surface area contributed by atoms with Gasteiger partial charge in [0.25, 0.3) is 0 Å². The molecule has 1 aromatic heterocycles. The van der Waals surface area contributed by atoms with Gasteiger partial charge in [-0.3, -0.25) is 4.79 Å². The lowest BCUT2D eigenvalue weighted by molar-refractivity contribution is 0.0700. The number of hydrogen-bond donors (Lipinski definition) is 1.